The lowest BCUT2D eigenvalue weighted by atomic mass is 10.3. The summed E-state index contributed by atoms with van der Waals surface area (Å²) in [7, 11) is 0. The monoisotopic (exact) mass is 396 g/mol. The summed E-state index contributed by atoms with van der Waals surface area (Å²) in [4.78, 5) is 25.9. The highest BCUT2D eigenvalue weighted by atomic mass is 79.9. The van der Waals surface area contributed by atoms with Crippen LogP contribution >= 0.6 is 43.6 Å². The zero-order valence-electron chi connectivity index (χ0n) is 9.31. The van der Waals surface area contributed by atoms with E-state index in [2.05, 4.69) is 42.2 Å². The molecule has 8 heteroatoms. The number of carboxylic acids is 1. The molecule has 18 heavy (non-hydrogen) atoms. The lowest BCUT2D eigenvalue weighted by molar-refractivity contribution is -0.140. The van der Waals surface area contributed by atoms with Crippen molar-refractivity contribution in [3.63, 3.8) is 0 Å². The molecule has 0 aromatic carbocycles. The molecule has 1 rings (SSSR count). The topological polar surface area (TPSA) is 79.3 Å². The Hall–Kier alpha value is -0.600. The van der Waals surface area contributed by atoms with Gasteiger partial charge in [-0.3, -0.25) is 4.79 Å². The number of nitrogens with one attached hydrogen (secondary N) is 1. The van der Waals surface area contributed by atoms with Gasteiger partial charge in [-0.05, 0) is 37.9 Å². The first-order valence-corrected chi connectivity index (χ1v) is 7.41. The summed E-state index contributed by atoms with van der Waals surface area (Å²) >= 11 is 7.88. The lowest BCUT2D eigenvalue weighted by Crippen LogP contribution is -2.41. The van der Waals surface area contributed by atoms with Gasteiger partial charge >= 0.3 is 5.97 Å². The quantitative estimate of drug-likeness (QED) is 0.745. The average Bonchev–Trinajstić information content (AvgIpc) is 2.25. The molecule has 1 aromatic heterocycles. The molecule has 1 amide bonds. The summed E-state index contributed by atoms with van der Waals surface area (Å²) in [6.45, 7) is 1.29. The van der Waals surface area contributed by atoms with Gasteiger partial charge in [0.05, 0.1) is 4.47 Å². The standard InChI is InChI=1S/C10H10Br2N2O3S/c1-5(15)14-8(10(16)17)4-18-9-7(12)2-6(11)3-13-9/h2-3,8H,4H2,1H3,(H,14,15)(H,16,17)/t8-/m0/s1. The van der Waals surface area contributed by atoms with E-state index in [4.69, 9.17) is 5.11 Å². The van der Waals surface area contributed by atoms with Crippen molar-refractivity contribution in [3.05, 3.63) is 21.2 Å². The van der Waals surface area contributed by atoms with Crippen molar-refractivity contribution in [2.24, 2.45) is 0 Å². The average molecular weight is 398 g/mol. The second-order valence-electron chi connectivity index (χ2n) is 3.34. The molecule has 2 N–H and O–H groups in total. The van der Waals surface area contributed by atoms with Gasteiger partial charge in [-0.2, -0.15) is 0 Å². The van der Waals surface area contributed by atoms with Gasteiger partial charge in [0.25, 0.3) is 0 Å². The van der Waals surface area contributed by atoms with Crippen molar-refractivity contribution in [1.82, 2.24) is 10.3 Å². The SMILES string of the molecule is CC(=O)N[C@@H](CSc1ncc(Br)cc1Br)C(=O)O. The van der Waals surface area contributed by atoms with Gasteiger partial charge < -0.3 is 10.4 Å². The van der Waals surface area contributed by atoms with Crippen LogP contribution < -0.4 is 5.32 Å². The van der Waals surface area contributed by atoms with Crippen LogP contribution in [-0.4, -0.2) is 33.8 Å². The molecule has 0 aliphatic carbocycles. The van der Waals surface area contributed by atoms with Crippen molar-refractivity contribution in [3.8, 4) is 0 Å². The van der Waals surface area contributed by atoms with Crippen LogP contribution in [0.3, 0.4) is 0 Å². The van der Waals surface area contributed by atoms with E-state index in [1.807, 2.05) is 6.07 Å². The predicted octanol–water partition coefficient (Wildman–Crippen LogP) is 2.29. The maximum absolute atomic E-state index is 10.9. The number of thioether (sulfide) groups is 1. The molecular formula is C10H10Br2N2O3S. The molecule has 0 saturated heterocycles. The smallest absolute Gasteiger partial charge is 0.327 e. The number of hydrogen-bond acceptors (Lipinski definition) is 4. The predicted molar refractivity (Wildman–Crippen MR) is 75.6 cm³/mol. The Morgan fingerprint density at radius 1 is 1.56 bits per heavy atom. The summed E-state index contributed by atoms with van der Waals surface area (Å²) < 4.78 is 1.60. The highest BCUT2D eigenvalue weighted by Gasteiger charge is 2.19. The van der Waals surface area contributed by atoms with Crippen molar-refractivity contribution >= 4 is 55.5 Å². The van der Waals surface area contributed by atoms with Gasteiger partial charge in [0.1, 0.15) is 11.1 Å². The fourth-order valence-electron chi connectivity index (χ4n) is 1.09. The van der Waals surface area contributed by atoms with Gasteiger partial charge in [0, 0.05) is 23.3 Å². The first kappa shape index (κ1) is 15.5. The van der Waals surface area contributed by atoms with Gasteiger partial charge in [0.15, 0.2) is 0 Å². The van der Waals surface area contributed by atoms with Crippen molar-refractivity contribution in [2.75, 3.05) is 5.75 Å². The molecule has 98 valence electrons. The minimum atomic E-state index is -1.06. The largest absolute Gasteiger partial charge is 0.480 e. The highest BCUT2D eigenvalue weighted by Crippen LogP contribution is 2.28. The molecule has 1 heterocycles. The summed E-state index contributed by atoms with van der Waals surface area (Å²) in [5.74, 6) is -1.22. The van der Waals surface area contributed by atoms with Crippen LogP contribution in [0, 0.1) is 0 Å². The van der Waals surface area contributed by atoms with Crippen molar-refractivity contribution in [1.29, 1.82) is 0 Å². The number of hydrogen-bond donors (Lipinski definition) is 2. The minimum Gasteiger partial charge on any atom is -0.480 e. The van der Waals surface area contributed by atoms with Crippen LogP contribution in [-0.2, 0) is 9.59 Å². The number of carbonyl (C=O) groups is 2. The second-order valence-corrected chi connectivity index (χ2v) is 6.12. The van der Waals surface area contributed by atoms with E-state index in [-0.39, 0.29) is 11.7 Å². The number of nitrogens with zero attached hydrogens (tertiary/aromatic N) is 1. The third-order valence-corrected chi connectivity index (χ3v) is 4.24. The molecule has 0 unspecified atom stereocenters. The fourth-order valence-corrected chi connectivity index (χ4v) is 3.30. The van der Waals surface area contributed by atoms with Crippen molar-refractivity contribution in [2.45, 2.75) is 18.0 Å². The van der Waals surface area contributed by atoms with E-state index in [9.17, 15) is 9.59 Å². The van der Waals surface area contributed by atoms with Crippen LogP contribution in [0.2, 0.25) is 0 Å². The molecule has 1 aromatic rings. The zero-order valence-corrected chi connectivity index (χ0v) is 13.3. The van der Waals surface area contributed by atoms with Gasteiger partial charge in [-0.25, -0.2) is 9.78 Å². The maximum atomic E-state index is 10.9. The van der Waals surface area contributed by atoms with E-state index in [1.165, 1.54) is 18.7 Å². The van der Waals surface area contributed by atoms with Crippen LogP contribution in [0.25, 0.3) is 0 Å². The number of rotatable bonds is 5. The number of amides is 1. The number of aromatic nitrogens is 1. The van der Waals surface area contributed by atoms with Crippen molar-refractivity contribution < 1.29 is 14.7 Å². The Balaban J connectivity index is 2.66. The van der Waals surface area contributed by atoms with Crippen LogP contribution in [0.4, 0.5) is 0 Å². The molecule has 5 nitrogen and oxygen atoms in total. The number of aliphatic carboxylic acids is 1. The number of carbonyl (C=O) groups excluding carboxylic acids is 1. The lowest BCUT2D eigenvalue weighted by Gasteiger charge is -2.12. The number of carboxylic acid groups (broad SMARTS) is 1. The minimum absolute atomic E-state index is 0.210. The first-order valence-electron chi connectivity index (χ1n) is 4.84. The molecule has 0 aliphatic heterocycles. The summed E-state index contributed by atoms with van der Waals surface area (Å²) in [5, 5.41) is 12.0. The normalized spacial score (nSPS) is 11.9. The van der Waals surface area contributed by atoms with Crippen LogP contribution in [0.5, 0.6) is 0 Å². The molecule has 0 saturated carbocycles. The molecule has 0 aliphatic rings. The summed E-state index contributed by atoms with van der Waals surface area (Å²) in [6, 6.07) is 0.897. The fraction of sp³-hybridized carbons (Fsp3) is 0.300. The maximum Gasteiger partial charge on any atom is 0.327 e. The third-order valence-electron chi connectivity index (χ3n) is 1.84. The Bertz CT molecular complexity index is 470. The summed E-state index contributed by atoms with van der Waals surface area (Å²) in [5.41, 5.74) is 0. The summed E-state index contributed by atoms with van der Waals surface area (Å²) in [6.07, 6.45) is 1.63. The second kappa shape index (κ2) is 7.10. The van der Waals surface area contributed by atoms with E-state index in [0.29, 0.717) is 5.03 Å². The zero-order chi connectivity index (χ0) is 13.7. The van der Waals surface area contributed by atoms with E-state index < -0.39 is 12.0 Å². The first-order chi connectivity index (χ1) is 8.40. The highest BCUT2D eigenvalue weighted by molar-refractivity contribution is 9.11. The number of halogens is 2. The van der Waals surface area contributed by atoms with E-state index >= 15 is 0 Å². The van der Waals surface area contributed by atoms with Crippen LogP contribution in [0.1, 0.15) is 6.92 Å². The van der Waals surface area contributed by atoms with E-state index in [0.717, 1.165) is 8.95 Å². The molecule has 0 fully saturated rings. The Labute approximate surface area is 125 Å². The Morgan fingerprint density at radius 3 is 2.72 bits per heavy atom. The Kier molecular flexibility index (Phi) is 6.10. The van der Waals surface area contributed by atoms with Gasteiger partial charge in [-0.1, -0.05) is 0 Å². The van der Waals surface area contributed by atoms with Gasteiger partial charge in [0.2, 0.25) is 5.91 Å². The van der Waals surface area contributed by atoms with Gasteiger partial charge in [-0.15, -0.1) is 11.8 Å². The molecule has 0 radical (unpaired) electrons. The third kappa shape index (κ3) is 4.95. The molecule has 0 spiro atoms. The molecule has 0 bridgehead atoms. The van der Waals surface area contributed by atoms with Crippen LogP contribution in [0.15, 0.2) is 26.2 Å². The number of pyridine rings is 1. The molecular weight excluding hydrogens is 388 g/mol. The van der Waals surface area contributed by atoms with E-state index in [1.54, 1.807) is 6.20 Å². The Morgan fingerprint density at radius 2 is 2.22 bits per heavy atom. The molecule has 1 atom stereocenters.